The van der Waals surface area contributed by atoms with Gasteiger partial charge in [-0.3, -0.25) is 9.78 Å². The second-order valence-electron chi connectivity index (χ2n) is 4.92. The first kappa shape index (κ1) is 11.8. The molecule has 2 N–H and O–H groups in total. The first-order valence-corrected chi connectivity index (χ1v) is 6.27. The highest BCUT2D eigenvalue weighted by Gasteiger charge is 2.29. The second-order valence-corrected chi connectivity index (χ2v) is 4.92. The molecule has 0 spiro atoms. The molecule has 1 unspecified atom stereocenters. The molecule has 1 atom stereocenters. The number of carbonyl (C=O) groups excluding carboxylic acids is 2. The Morgan fingerprint density at radius 3 is 3.00 bits per heavy atom. The van der Waals surface area contributed by atoms with Gasteiger partial charge in [-0.05, 0) is 18.4 Å². The van der Waals surface area contributed by atoms with Crippen LogP contribution in [0.3, 0.4) is 0 Å². The number of imidazole rings is 1. The zero-order chi connectivity index (χ0) is 13.4. The third-order valence-electron chi connectivity index (χ3n) is 3.47. The fourth-order valence-electron chi connectivity index (χ4n) is 2.37. The summed E-state index contributed by atoms with van der Waals surface area (Å²) in [5.74, 6) is 0.0599. The van der Waals surface area contributed by atoms with E-state index in [2.05, 4.69) is 9.97 Å². The summed E-state index contributed by atoms with van der Waals surface area (Å²) in [7, 11) is 0. The van der Waals surface area contributed by atoms with Gasteiger partial charge in [0.15, 0.2) is 0 Å². The van der Waals surface area contributed by atoms with Crippen molar-refractivity contribution in [3.8, 4) is 0 Å². The SMILES string of the molecule is NC(=O)c1nc2ccncc2n1C(C=O)CC1CC1. The largest absolute Gasteiger partial charge is 0.363 e. The maximum Gasteiger partial charge on any atom is 0.284 e. The van der Waals surface area contributed by atoms with Gasteiger partial charge in [-0.2, -0.15) is 0 Å². The molecular weight excluding hydrogens is 244 g/mol. The highest BCUT2D eigenvalue weighted by atomic mass is 16.1. The highest BCUT2D eigenvalue weighted by molar-refractivity contribution is 5.94. The van der Waals surface area contributed by atoms with Crippen LogP contribution in [-0.4, -0.2) is 26.7 Å². The van der Waals surface area contributed by atoms with Crippen LogP contribution in [0.1, 0.15) is 35.9 Å². The Balaban J connectivity index is 2.14. The van der Waals surface area contributed by atoms with E-state index >= 15 is 0 Å². The lowest BCUT2D eigenvalue weighted by molar-refractivity contribution is -0.110. The molecule has 98 valence electrons. The summed E-state index contributed by atoms with van der Waals surface area (Å²) in [4.78, 5) is 31.1. The fourth-order valence-corrected chi connectivity index (χ4v) is 2.37. The van der Waals surface area contributed by atoms with E-state index in [0.717, 1.165) is 25.5 Å². The summed E-state index contributed by atoms with van der Waals surface area (Å²) in [5.41, 5.74) is 6.66. The molecule has 1 amide bonds. The molecule has 2 heterocycles. The smallest absolute Gasteiger partial charge is 0.284 e. The second kappa shape index (κ2) is 4.46. The van der Waals surface area contributed by atoms with Crippen molar-refractivity contribution in [2.75, 3.05) is 0 Å². The van der Waals surface area contributed by atoms with Crippen LogP contribution in [0.25, 0.3) is 11.0 Å². The molecule has 19 heavy (non-hydrogen) atoms. The van der Waals surface area contributed by atoms with E-state index in [1.165, 1.54) is 0 Å². The van der Waals surface area contributed by atoms with Crippen LogP contribution in [0.2, 0.25) is 0 Å². The van der Waals surface area contributed by atoms with E-state index in [-0.39, 0.29) is 5.82 Å². The first-order valence-electron chi connectivity index (χ1n) is 6.27. The zero-order valence-corrected chi connectivity index (χ0v) is 10.3. The van der Waals surface area contributed by atoms with E-state index in [9.17, 15) is 9.59 Å². The van der Waals surface area contributed by atoms with Crippen LogP contribution < -0.4 is 5.73 Å². The Morgan fingerprint density at radius 2 is 2.37 bits per heavy atom. The van der Waals surface area contributed by atoms with Gasteiger partial charge in [0, 0.05) is 6.20 Å². The third kappa shape index (κ3) is 2.09. The van der Waals surface area contributed by atoms with Crippen LogP contribution in [0, 0.1) is 5.92 Å². The van der Waals surface area contributed by atoms with Gasteiger partial charge in [0.1, 0.15) is 6.29 Å². The molecule has 1 fully saturated rings. The summed E-state index contributed by atoms with van der Waals surface area (Å²) in [5, 5.41) is 0. The Kier molecular flexibility index (Phi) is 2.77. The Hall–Kier alpha value is -2.24. The molecule has 0 aromatic carbocycles. The van der Waals surface area contributed by atoms with Crippen LogP contribution in [0.4, 0.5) is 0 Å². The molecule has 2 aromatic heterocycles. The van der Waals surface area contributed by atoms with Crippen molar-refractivity contribution >= 4 is 23.2 Å². The molecular formula is C13H14N4O2. The summed E-state index contributed by atoms with van der Waals surface area (Å²) < 4.78 is 1.62. The summed E-state index contributed by atoms with van der Waals surface area (Å²) in [6.45, 7) is 0. The number of hydrogen-bond acceptors (Lipinski definition) is 4. The minimum atomic E-state index is -0.626. The van der Waals surface area contributed by atoms with Gasteiger partial charge in [-0.25, -0.2) is 4.98 Å². The van der Waals surface area contributed by atoms with Crippen molar-refractivity contribution in [3.63, 3.8) is 0 Å². The minimum Gasteiger partial charge on any atom is -0.363 e. The van der Waals surface area contributed by atoms with Crippen molar-refractivity contribution in [2.24, 2.45) is 11.7 Å². The van der Waals surface area contributed by atoms with Gasteiger partial charge < -0.3 is 15.1 Å². The molecule has 6 heteroatoms. The van der Waals surface area contributed by atoms with E-state index < -0.39 is 11.9 Å². The zero-order valence-electron chi connectivity index (χ0n) is 10.3. The van der Waals surface area contributed by atoms with E-state index in [1.54, 1.807) is 23.0 Å². The van der Waals surface area contributed by atoms with Crippen molar-refractivity contribution < 1.29 is 9.59 Å². The number of pyridine rings is 1. The molecule has 0 radical (unpaired) electrons. The van der Waals surface area contributed by atoms with Crippen LogP contribution in [-0.2, 0) is 4.79 Å². The van der Waals surface area contributed by atoms with Gasteiger partial charge in [-0.1, -0.05) is 12.8 Å². The number of aromatic nitrogens is 3. The maximum atomic E-state index is 11.5. The van der Waals surface area contributed by atoms with Gasteiger partial charge >= 0.3 is 0 Å². The summed E-state index contributed by atoms with van der Waals surface area (Å²) in [6, 6.07) is 1.31. The molecule has 2 aromatic rings. The number of hydrogen-bond donors (Lipinski definition) is 1. The molecule has 0 saturated heterocycles. The average Bonchev–Trinajstić information content (AvgIpc) is 3.14. The summed E-state index contributed by atoms with van der Waals surface area (Å²) >= 11 is 0. The Labute approximate surface area is 109 Å². The standard InChI is InChI=1S/C13H14N4O2/c14-12(19)13-16-10-3-4-15-6-11(10)17(13)9(7-18)5-8-1-2-8/h3-4,6-9H,1-2,5H2,(H2,14,19). The predicted molar refractivity (Wildman–Crippen MR) is 68.5 cm³/mol. The Bertz CT molecular complexity index is 645. The topological polar surface area (TPSA) is 90.9 Å². The maximum absolute atomic E-state index is 11.5. The van der Waals surface area contributed by atoms with Gasteiger partial charge in [0.2, 0.25) is 5.82 Å². The predicted octanol–water partition coefficient (Wildman–Crippen LogP) is 1.07. The van der Waals surface area contributed by atoms with Crippen LogP contribution in [0.5, 0.6) is 0 Å². The lowest BCUT2D eigenvalue weighted by Gasteiger charge is -2.14. The quantitative estimate of drug-likeness (QED) is 0.812. The molecule has 3 rings (SSSR count). The number of nitrogens with two attached hydrogens (primary N) is 1. The molecule has 0 bridgehead atoms. The van der Waals surface area contributed by atoms with Crippen LogP contribution in [0.15, 0.2) is 18.5 Å². The Morgan fingerprint density at radius 1 is 1.58 bits per heavy atom. The normalized spacial score (nSPS) is 16.4. The van der Waals surface area contributed by atoms with Gasteiger partial charge in [-0.15, -0.1) is 0 Å². The van der Waals surface area contributed by atoms with Crippen LogP contribution >= 0.6 is 0 Å². The van der Waals surface area contributed by atoms with Gasteiger partial charge in [0.05, 0.1) is 23.3 Å². The lowest BCUT2D eigenvalue weighted by Crippen LogP contribution is -2.22. The molecule has 1 aliphatic carbocycles. The van der Waals surface area contributed by atoms with Crippen molar-refractivity contribution in [3.05, 3.63) is 24.3 Å². The highest BCUT2D eigenvalue weighted by Crippen LogP contribution is 2.37. The van der Waals surface area contributed by atoms with E-state index in [0.29, 0.717) is 17.0 Å². The summed E-state index contributed by atoms with van der Waals surface area (Å²) in [6.07, 6.45) is 7.07. The van der Waals surface area contributed by atoms with E-state index in [4.69, 9.17) is 5.73 Å². The molecule has 0 aliphatic heterocycles. The van der Waals surface area contributed by atoms with Gasteiger partial charge in [0.25, 0.3) is 5.91 Å². The number of carbonyl (C=O) groups is 2. The lowest BCUT2D eigenvalue weighted by atomic mass is 10.1. The van der Waals surface area contributed by atoms with Crippen molar-refractivity contribution in [1.82, 2.24) is 14.5 Å². The number of nitrogens with zero attached hydrogens (tertiary/aromatic N) is 3. The number of aldehydes is 1. The number of amides is 1. The fraction of sp³-hybridized carbons (Fsp3) is 0.385. The van der Waals surface area contributed by atoms with Crippen molar-refractivity contribution in [1.29, 1.82) is 0 Å². The number of rotatable bonds is 5. The monoisotopic (exact) mass is 258 g/mol. The number of primary amides is 1. The molecule has 1 aliphatic rings. The first-order chi connectivity index (χ1) is 9.20. The molecule has 1 saturated carbocycles. The van der Waals surface area contributed by atoms with Crippen molar-refractivity contribution in [2.45, 2.75) is 25.3 Å². The number of fused-ring (bicyclic) bond motifs is 1. The third-order valence-corrected chi connectivity index (χ3v) is 3.47. The minimum absolute atomic E-state index is 0.126. The van der Waals surface area contributed by atoms with E-state index in [1.807, 2.05) is 0 Å². The average molecular weight is 258 g/mol. The molecule has 6 nitrogen and oxygen atoms in total.